The maximum Gasteiger partial charge on any atom is 0.136 e. The van der Waals surface area contributed by atoms with Gasteiger partial charge in [0, 0.05) is 17.0 Å². The van der Waals surface area contributed by atoms with Gasteiger partial charge in [0.15, 0.2) is 0 Å². The number of pyridine rings is 1. The van der Waals surface area contributed by atoms with Crippen LogP contribution < -0.4 is 0 Å². The highest BCUT2D eigenvalue weighted by atomic mass is 35.5. The number of halogens is 1. The summed E-state index contributed by atoms with van der Waals surface area (Å²) >= 11 is 6.40. The molecule has 4 nitrogen and oxygen atoms in total. The second-order valence-electron chi connectivity index (χ2n) is 10.7. The molecule has 1 aromatic heterocycles. The van der Waals surface area contributed by atoms with Crippen molar-refractivity contribution >= 4 is 27.9 Å². The Hall–Kier alpha value is -1.98. The molecule has 1 saturated carbocycles. The largest absolute Gasteiger partial charge is 0.393 e. The molecule has 4 unspecified atom stereocenters. The normalized spacial score (nSPS) is 36.0. The van der Waals surface area contributed by atoms with E-state index in [1.807, 2.05) is 12.1 Å². The molecule has 172 valence electrons. The third-order valence-electron chi connectivity index (χ3n) is 8.82. The number of hydrogen-bond donors (Lipinski definition) is 3. The predicted octanol–water partition coefficient (Wildman–Crippen LogP) is 5.36. The van der Waals surface area contributed by atoms with Crippen LogP contribution in [0.2, 0.25) is 5.15 Å². The lowest BCUT2D eigenvalue weighted by Gasteiger charge is -2.43. The fourth-order valence-corrected chi connectivity index (χ4v) is 7.22. The van der Waals surface area contributed by atoms with Gasteiger partial charge in [-0.2, -0.15) is 0 Å². The summed E-state index contributed by atoms with van der Waals surface area (Å²) in [6, 6.07) is 8.36. The smallest absolute Gasteiger partial charge is 0.136 e. The molecule has 0 aliphatic heterocycles. The van der Waals surface area contributed by atoms with Gasteiger partial charge in [0.1, 0.15) is 5.15 Å². The molecule has 3 N–H and O–H groups in total. The summed E-state index contributed by atoms with van der Waals surface area (Å²) in [5, 5.41) is 35.5. The minimum absolute atomic E-state index is 0.184. The van der Waals surface area contributed by atoms with Crippen molar-refractivity contribution in [3.8, 4) is 0 Å². The van der Waals surface area contributed by atoms with Crippen LogP contribution in [0.25, 0.3) is 16.3 Å². The molecule has 5 heteroatoms. The van der Waals surface area contributed by atoms with Crippen molar-refractivity contribution in [1.82, 2.24) is 4.98 Å². The molecular weight excluding hydrogens is 434 g/mol. The average molecular weight is 464 g/mol. The summed E-state index contributed by atoms with van der Waals surface area (Å²) in [7, 11) is 0. The molecule has 33 heavy (non-hydrogen) atoms. The molecule has 0 radical (unpaired) electrons. The molecule has 6 rings (SSSR count). The second-order valence-corrected chi connectivity index (χ2v) is 11.0. The first-order chi connectivity index (χ1) is 15.8. The molecule has 2 aromatic rings. The number of fused-ring (bicyclic) bond motifs is 4. The van der Waals surface area contributed by atoms with Gasteiger partial charge in [-0.05, 0) is 90.7 Å². The molecule has 4 aliphatic carbocycles. The zero-order chi connectivity index (χ0) is 23.0. The highest BCUT2D eigenvalue weighted by Crippen LogP contribution is 2.60. The number of hydrogen-bond acceptors (Lipinski definition) is 4. The summed E-state index contributed by atoms with van der Waals surface area (Å²) in [6.45, 7) is 2.28. The number of nitrogens with zero attached hydrogens (tertiary/aromatic N) is 1. The number of benzene rings is 1. The zero-order valence-electron chi connectivity index (χ0n) is 18.9. The van der Waals surface area contributed by atoms with E-state index in [-0.39, 0.29) is 5.41 Å². The Morgan fingerprint density at radius 1 is 1.15 bits per heavy atom. The lowest BCUT2D eigenvalue weighted by Crippen LogP contribution is -2.38. The first-order valence-electron chi connectivity index (χ1n) is 12.1. The van der Waals surface area contributed by atoms with E-state index in [2.05, 4.69) is 36.2 Å². The van der Waals surface area contributed by atoms with Gasteiger partial charge in [0.25, 0.3) is 0 Å². The van der Waals surface area contributed by atoms with E-state index in [0.29, 0.717) is 43.2 Å². The Balaban J connectivity index is 1.40. The van der Waals surface area contributed by atoms with Crippen molar-refractivity contribution < 1.29 is 15.3 Å². The number of aromatic nitrogens is 1. The van der Waals surface area contributed by atoms with Gasteiger partial charge in [0.05, 0.1) is 17.8 Å². The molecule has 0 amide bonds. The van der Waals surface area contributed by atoms with Crippen molar-refractivity contribution in [2.45, 2.75) is 69.7 Å². The van der Waals surface area contributed by atoms with Crippen molar-refractivity contribution in [2.24, 2.45) is 11.3 Å². The summed E-state index contributed by atoms with van der Waals surface area (Å²) in [5.41, 5.74) is 4.53. The summed E-state index contributed by atoms with van der Waals surface area (Å²) in [4.78, 5) is 4.25. The van der Waals surface area contributed by atoms with Crippen molar-refractivity contribution in [2.75, 3.05) is 0 Å². The summed E-state index contributed by atoms with van der Waals surface area (Å²) < 4.78 is 0. The number of aliphatic hydroxyl groups excluding tert-OH is 2. The zero-order valence-corrected chi connectivity index (χ0v) is 19.6. The fourth-order valence-electron chi connectivity index (χ4n) is 7.00. The van der Waals surface area contributed by atoms with Crippen molar-refractivity contribution in [3.63, 3.8) is 0 Å². The van der Waals surface area contributed by atoms with Crippen LogP contribution in [-0.4, -0.2) is 38.1 Å². The standard InChI is InChI=1S/C28H30ClNO3/c1-27-15-25(32)22-14-18-13-19(31)6-9-28(18,33)10-7-20(22)24(27)5-4-23(27)17-3-2-16-8-11-30-26(29)21(16)12-17/h2-4,8,11-12,14,19,24-25,31-33H,5-7,9-10,13,15H2,1H3/t19?,24?,25?,27?,28-/m0/s1. The minimum atomic E-state index is -0.857. The van der Waals surface area contributed by atoms with Crippen LogP contribution in [0.5, 0.6) is 0 Å². The van der Waals surface area contributed by atoms with Crippen LogP contribution in [0.15, 0.2) is 59.3 Å². The van der Waals surface area contributed by atoms with Gasteiger partial charge in [-0.15, -0.1) is 0 Å². The van der Waals surface area contributed by atoms with Crippen molar-refractivity contribution in [3.05, 3.63) is 70.1 Å². The molecule has 1 heterocycles. The lowest BCUT2D eigenvalue weighted by molar-refractivity contribution is 0.00863. The van der Waals surface area contributed by atoms with E-state index in [0.717, 1.165) is 40.3 Å². The second kappa shape index (κ2) is 7.51. The molecular formula is C28H30ClNO3. The first kappa shape index (κ1) is 21.5. The Bertz CT molecular complexity index is 1250. The van der Waals surface area contributed by atoms with Crippen LogP contribution in [0.4, 0.5) is 0 Å². The van der Waals surface area contributed by atoms with Crippen molar-refractivity contribution in [1.29, 1.82) is 0 Å². The maximum atomic E-state index is 11.4. The van der Waals surface area contributed by atoms with Crippen LogP contribution in [0, 0.1) is 11.3 Å². The Labute approximate surface area is 199 Å². The Kier molecular flexibility index (Phi) is 4.90. The van der Waals surface area contributed by atoms with Gasteiger partial charge in [-0.3, -0.25) is 0 Å². The third-order valence-corrected chi connectivity index (χ3v) is 9.12. The Morgan fingerprint density at radius 2 is 2.00 bits per heavy atom. The third kappa shape index (κ3) is 3.26. The van der Waals surface area contributed by atoms with E-state index in [1.165, 1.54) is 11.1 Å². The summed E-state index contributed by atoms with van der Waals surface area (Å²) in [6.07, 6.45) is 9.86. The number of allylic oxidation sites excluding steroid dienone is 3. The monoisotopic (exact) mass is 463 g/mol. The van der Waals surface area contributed by atoms with Gasteiger partial charge < -0.3 is 15.3 Å². The van der Waals surface area contributed by atoms with Crippen LogP contribution in [-0.2, 0) is 0 Å². The first-order valence-corrected chi connectivity index (χ1v) is 12.4. The molecule has 0 saturated heterocycles. The quantitative estimate of drug-likeness (QED) is 0.498. The fraction of sp³-hybridized carbons (Fsp3) is 0.464. The average Bonchev–Trinajstić information content (AvgIpc) is 3.04. The molecule has 5 atom stereocenters. The van der Waals surface area contributed by atoms with Crippen LogP contribution >= 0.6 is 11.6 Å². The lowest BCUT2D eigenvalue weighted by atomic mass is 9.61. The summed E-state index contributed by atoms with van der Waals surface area (Å²) in [5.74, 6) is 0.302. The molecule has 1 fully saturated rings. The maximum absolute atomic E-state index is 11.4. The van der Waals surface area contributed by atoms with E-state index >= 15 is 0 Å². The topological polar surface area (TPSA) is 73.6 Å². The molecule has 4 aliphatic rings. The number of rotatable bonds is 1. The molecule has 0 bridgehead atoms. The molecule has 1 aromatic carbocycles. The van der Waals surface area contributed by atoms with E-state index < -0.39 is 17.8 Å². The van der Waals surface area contributed by atoms with Gasteiger partial charge in [0.2, 0.25) is 0 Å². The van der Waals surface area contributed by atoms with E-state index in [1.54, 1.807) is 6.20 Å². The van der Waals surface area contributed by atoms with Crippen LogP contribution in [0.1, 0.15) is 57.4 Å². The minimum Gasteiger partial charge on any atom is -0.393 e. The number of aliphatic hydroxyl groups is 3. The highest BCUT2D eigenvalue weighted by Gasteiger charge is 2.50. The Morgan fingerprint density at radius 3 is 2.85 bits per heavy atom. The van der Waals surface area contributed by atoms with Gasteiger partial charge in [-0.25, -0.2) is 4.98 Å². The molecule has 0 spiro atoms. The predicted molar refractivity (Wildman–Crippen MR) is 131 cm³/mol. The van der Waals surface area contributed by atoms with Crippen LogP contribution in [0.3, 0.4) is 0 Å². The van der Waals surface area contributed by atoms with E-state index in [4.69, 9.17) is 11.6 Å². The van der Waals surface area contributed by atoms with Gasteiger partial charge >= 0.3 is 0 Å². The SMILES string of the molecule is CC12CC(O)C3=C(CC[C@@]4(O)CCC(O)CC4=C3)C1CC=C2c1ccc2ccnc(Cl)c2c1. The highest BCUT2D eigenvalue weighted by molar-refractivity contribution is 6.34. The van der Waals surface area contributed by atoms with E-state index in [9.17, 15) is 15.3 Å². The van der Waals surface area contributed by atoms with Gasteiger partial charge in [-0.1, -0.05) is 48.4 Å².